The zero-order valence-corrected chi connectivity index (χ0v) is 15.8. The SMILES string of the molecule is COc1cc(CNc2ncnc3c2c(Br)nn3C)ccc1OCC(N)=O. The van der Waals surface area contributed by atoms with E-state index in [1.807, 2.05) is 19.2 Å². The normalized spacial score (nSPS) is 10.7. The first-order valence-electron chi connectivity index (χ1n) is 7.64. The molecule has 136 valence electrons. The maximum absolute atomic E-state index is 10.9. The van der Waals surface area contributed by atoms with Gasteiger partial charge >= 0.3 is 0 Å². The lowest BCUT2D eigenvalue weighted by Crippen LogP contribution is -2.20. The number of carbonyl (C=O) groups is 1. The van der Waals surface area contributed by atoms with E-state index in [4.69, 9.17) is 15.2 Å². The number of rotatable bonds is 7. The fraction of sp³-hybridized carbons (Fsp3) is 0.250. The summed E-state index contributed by atoms with van der Waals surface area (Å²) in [6.45, 7) is 0.293. The van der Waals surface area contributed by atoms with Crippen molar-refractivity contribution in [2.75, 3.05) is 19.0 Å². The summed E-state index contributed by atoms with van der Waals surface area (Å²) in [5.74, 6) is 1.09. The van der Waals surface area contributed by atoms with E-state index in [9.17, 15) is 4.79 Å². The predicted octanol–water partition coefficient (Wildman–Crippen LogP) is 1.61. The summed E-state index contributed by atoms with van der Waals surface area (Å²) in [5, 5.41) is 8.38. The smallest absolute Gasteiger partial charge is 0.255 e. The number of ether oxygens (including phenoxy) is 2. The number of halogens is 1. The molecule has 0 fully saturated rings. The number of anilines is 1. The Hall–Kier alpha value is -2.88. The highest BCUT2D eigenvalue weighted by molar-refractivity contribution is 9.10. The lowest BCUT2D eigenvalue weighted by Gasteiger charge is -2.12. The number of nitrogens with two attached hydrogens (primary N) is 1. The minimum Gasteiger partial charge on any atom is -0.493 e. The van der Waals surface area contributed by atoms with E-state index < -0.39 is 5.91 Å². The van der Waals surface area contributed by atoms with Gasteiger partial charge in [0, 0.05) is 13.6 Å². The second-order valence-electron chi connectivity index (χ2n) is 5.43. The average molecular weight is 421 g/mol. The van der Waals surface area contributed by atoms with E-state index in [2.05, 4.69) is 36.3 Å². The molecule has 1 amide bonds. The Balaban J connectivity index is 1.79. The largest absolute Gasteiger partial charge is 0.493 e. The molecule has 1 aromatic carbocycles. The first kappa shape index (κ1) is 17.9. The molecule has 2 heterocycles. The van der Waals surface area contributed by atoms with E-state index in [-0.39, 0.29) is 6.61 Å². The predicted molar refractivity (Wildman–Crippen MR) is 99.0 cm³/mol. The first-order chi connectivity index (χ1) is 12.5. The summed E-state index contributed by atoms with van der Waals surface area (Å²) in [4.78, 5) is 19.4. The number of nitrogens with zero attached hydrogens (tertiary/aromatic N) is 4. The second kappa shape index (κ2) is 7.56. The summed E-state index contributed by atoms with van der Waals surface area (Å²) in [5.41, 5.74) is 6.76. The third-order valence-corrected chi connectivity index (χ3v) is 4.19. The summed E-state index contributed by atoms with van der Waals surface area (Å²) in [7, 11) is 3.35. The van der Waals surface area contributed by atoms with E-state index >= 15 is 0 Å². The topological polar surface area (TPSA) is 117 Å². The Bertz CT molecular complexity index is 959. The van der Waals surface area contributed by atoms with E-state index in [1.54, 1.807) is 10.7 Å². The summed E-state index contributed by atoms with van der Waals surface area (Å²) < 4.78 is 13.0. The Morgan fingerprint density at radius 1 is 1.35 bits per heavy atom. The Kier molecular flexibility index (Phi) is 5.21. The van der Waals surface area contributed by atoms with Gasteiger partial charge in [-0.15, -0.1) is 0 Å². The van der Waals surface area contributed by atoms with Crippen molar-refractivity contribution in [2.24, 2.45) is 12.8 Å². The second-order valence-corrected chi connectivity index (χ2v) is 6.18. The van der Waals surface area contributed by atoms with E-state index in [0.717, 1.165) is 16.6 Å². The number of aryl methyl sites for hydroxylation is 1. The van der Waals surface area contributed by atoms with Gasteiger partial charge in [0.05, 0.1) is 12.5 Å². The molecule has 3 aromatic rings. The standard InChI is InChI=1S/C16H17BrN6O3/c1-23-16-13(14(17)22-23)15(20-8-21-16)19-6-9-3-4-10(11(5-9)25-2)26-7-12(18)24/h3-5,8H,6-7H2,1-2H3,(H2,18,24)(H,19,20,21). The first-order valence-corrected chi connectivity index (χ1v) is 8.44. The molecule has 0 aliphatic rings. The fourth-order valence-corrected chi connectivity index (χ4v) is 3.05. The van der Waals surface area contributed by atoms with E-state index in [0.29, 0.717) is 28.5 Å². The Morgan fingerprint density at radius 2 is 2.15 bits per heavy atom. The molecule has 0 bridgehead atoms. The van der Waals surface area contributed by atoms with Gasteiger partial charge in [0.15, 0.2) is 23.8 Å². The molecule has 9 nitrogen and oxygen atoms in total. The van der Waals surface area contributed by atoms with Crippen LogP contribution >= 0.6 is 15.9 Å². The minimum atomic E-state index is -0.548. The van der Waals surface area contributed by atoms with Crippen LogP contribution in [0, 0.1) is 0 Å². The number of carbonyl (C=O) groups excluding carboxylic acids is 1. The van der Waals surface area contributed by atoms with Gasteiger partial charge in [0.25, 0.3) is 5.91 Å². The summed E-state index contributed by atoms with van der Waals surface area (Å²) >= 11 is 3.43. The van der Waals surface area contributed by atoms with Gasteiger partial charge in [-0.3, -0.25) is 4.79 Å². The van der Waals surface area contributed by atoms with Crippen LogP contribution in [0.3, 0.4) is 0 Å². The van der Waals surface area contributed by atoms with Crippen LogP contribution in [0.5, 0.6) is 11.5 Å². The lowest BCUT2D eigenvalue weighted by molar-refractivity contribution is -0.119. The molecule has 10 heteroatoms. The zero-order chi connectivity index (χ0) is 18.7. The van der Waals surface area contributed by atoms with Crippen LogP contribution in [0.2, 0.25) is 0 Å². The third-order valence-electron chi connectivity index (χ3n) is 3.64. The van der Waals surface area contributed by atoms with Crippen molar-refractivity contribution in [1.82, 2.24) is 19.7 Å². The maximum Gasteiger partial charge on any atom is 0.255 e. The van der Waals surface area contributed by atoms with Gasteiger partial charge in [-0.2, -0.15) is 5.10 Å². The van der Waals surface area contributed by atoms with Gasteiger partial charge in [0.1, 0.15) is 16.7 Å². The molecule has 0 radical (unpaired) electrons. The van der Waals surface area contributed by atoms with Crippen molar-refractivity contribution in [3.05, 3.63) is 34.7 Å². The van der Waals surface area contributed by atoms with Crippen LogP contribution in [-0.4, -0.2) is 39.4 Å². The molecule has 0 spiro atoms. The van der Waals surface area contributed by atoms with Crippen LogP contribution in [0.15, 0.2) is 29.1 Å². The molecular weight excluding hydrogens is 404 g/mol. The highest BCUT2D eigenvalue weighted by Gasteiger charge is 2.13. The number of amides is 1. The number of hydrogen-bond acceptors (Lipinski definition) is 7. The number of methoxy groups -OCH3 is 1. The van der Waals surface area contributed by atoms with Crippen LogP contribution in [0.4, 0.5) is 5.82 Å². The highest BCUT2D eigenvalue weighted by atomic mass is 79.9. The van der Waals surface area contributed by atoms with Crippen LogP contribution < -0.4 is 20.5 Å². The van der Waals surface area contributed by atoms with Crippen LogP contribution in [0.1, 0.15) is 5.56 Å². The third kappa shape index (κ3) is 3.69. The number of fused-ring (bicyclic) bond motifs is 1. The van der Waals surface area contributed by atoms with Crippen LogP contribution in [-0.2, 0) is 18.4 Å². The molecular formula is C16H17BrN6O3. The van der Waals surface area contributed by atoms with Gasteiger partial charge in [-0.05, 0) is 33.6 Å². The van der Waals surface area contributed by atoms with E-state index in [1.165, 1.54) is 13.4 Å². The number of hydrogen-bond donors (Lipinski definition) is 2. The van der Waals surface area contributed by atoms with Crippen molar-refractivity contribution in [3.63, 3.8) is 0 Å². The van der Waals surface area contributed by atoms with Crippen molar-refractivity contribution >= 4 is 38.7 Å². The minimum absolute atomic E-state index is 0.206. The zero-order valence-electron chi connectivity index (χ0n) is 14.2. The Labute approximate surface area is 157 Å². The van der Waals surface area contributed by atoms with Crippen molar-refractivity contribution in [3.8, 4) is 11.5 Å². The van der Waals surface area contributed by atoms with Gasteiger partial charge in [-0.25, -0.2) is 14.6 Å². The van der Waals surface area contributed by atoms with Crippen LogP contribution in [0.25, 0.3) is 11.0 Å². The molecule has 0 saturated heterocycles. The molecule has 0 unspecified atom stereocenters. The van der Waals surface area contributed by atoms with Gasteiger partial charge < -0.3 is 20.5 Å². The fourth-order valence-electron chi connectivity index (χ4n) is 2.45. The quantitative estimate of drug-likeness (QED) is 0.595. The molecule has 0 atom stereocenters. The molecule has 2 aromatic heterocycles. The molecule has 0 aliphatic heterocycles. The van der Waals surface area contributed by atoms with Crippen molar-refractivity contribution in [1.29, 1.82) is 0 Å². The number of aromatic nitrogens is 4. The molecule has 3 rings (SSSR count). The summed E-state index contributed by atoms with van der Waals surface area (Å²) in [6, 6.07) is 5.41. The number of nitrogens with one attached hydrogen (secondary N) is 1. The number of benzene rings is 1. The van der Waals surface area contributed by atoms with Crippen molar-refractivity contribution in [2.45, 2.75) is 6.54 Å². The molecule has 0 saturated carbocycles. The highest BCUT2D eigenvalue weighted by Crippen LogP contribution is 2.30. The molecule has 0 aliphatic carbocycles. The summed E-state index contributed by atoms with van der Waals surface area (Å²) in [6.07, 6.45) is 1.49. The average Bonchev–Trinajstić information content (AvgIpc) is 2.93. The molecule has 26 heavy (non-hydrogen) atoms. The Morgan fingerprint density at radius 3 is 2.88 bits per heavy atom. The maximum atomic E-state index is 10.9. The van der Waals surface area contributed by atoms with Crippen molar-refractivity contribution < 1.29 is 14.3 Å². The van der Waals surface area contributed by atoms with Gasteiger partial charge in [0.2, 0.25) is 0 Å². The van der Waals surface area contributed by atoms with Gasteiger partial charge in [-0.1, -0.05) is 6.07 Å². The number of primary amides is 1. The lowest BCUT2D eigenvalue weighted by atomic mass is 10.2. The monoisotopic (exact) mass is 420 g/mol. The molecule has 3 N–H and O–H groups in total.